The van der Waals surface area contributed by atoms with Gasteiger partial charge in [-0.25, -0.2) is 0 Å². The Kier molecular flexibility index (Phi) is 4.49. The molecule has 0 bridgehead atoms. The second-order valence-electron chi connectivity index (χ2n) is 7.58. The van der Waals surface area contributed by atoms with Crippen molar-refractivity contribution >= 4 is 34.2 Å². The average molecular weight is 356 g/mol. The number of nitrogens with zero attached hydrogens (tertiary/aromatic N) is 3. The van der Waals surface area contributed by atoms with Crippen molar-refractivity contribution in [3.05, 3.63) is 34.9 Å². The van der Waals surface area contributed by atoms with Gasteiger partial charge in [0, 0.05) is 5.54 Å². The van der Waals surface area contributed by atoms with Crippen LogP contribution in [0.1, 0.15) is 37.5 Å². The number of aryl methyl sites for hydroxylation is 3. The Bertz CT molecular complexity index is 969. The van der Waals surface area contributed by atoms with Crippen LogP contribution in [0.15, 0.2) is 23.4 Å². The minimum absolute atomic E-state index is 0.00113. The van der Waals surface area contributed by atoms with Gasteiger partial charge in [0.05, 0.1) is 11.3 Å². The molecule has 6 heteroatoms. The molecule has 0 aliphatic heterocycles. The van der Waals surface area contributed by atoms with Crippen LogP contribution < -0.4 is 5.32 Å². The van der Waals surface area contributed by atoms with E-state index in [4.69, 9.17) is 0 Å². The molecule has 0 unspecified atom stereocenters. The summed E-state index contributed by atoms with van der Waals surface area (Å²) in [5.74, 6) is 0.317. The number of nitrogens with one attached hydrogen (secondary N) is 1. The fourth-order valence-electron chi connectivity index (χ4n) is 3.11. The molecule has 1 N–H and O–H groups in total. The highest BCUT2D eigenvalue weighted by atomic mass is 32.2. The number of thioether (sulfide) groups is 1. The molecule has 0 spiro atoms. The van der Waals surface area contributed by atoms with Crippen molar-refractivity contribution in [1.82, 2.24) is 19.9 Å². The lowest BCUT2D eigenvalue weighted by atomic mass is 10.1. The Hall–Kier alpha value is -2.08. The summed E-state index contributed by atoms with van der Waals surface area (Å²) >= 11 is 1.42. The summed E-state index contributed by atoms with van der Waals surface area (Å²) in [6, 6.07) is 6.49. The van der Waals surface area contributed by atoms with E-state index in [-0.39, 0.29) is 11.4 Å². The first-order chi connectivity index (χ1) is 11.7. The minimum atomic E-state index is -0.234. The van der Waals surface area contributed by atoms with Crippen LogP contribution in [0.4, 0.5) is 0 Å². The van der Waals surface area contributed by atoms with E-state index in [1.807, 2.05) is 27.7 Å². The highest BCUT2D eigenvalue weighted by Gasteiger charge is 2.17. The molecule has 1 amide bonds. The summed E-state index contributed by atoms with van der Waals surface area (Å²) < 4.78 is 2.08. The summed E-state index contributed by atoms with van der Waals surface area (Å²) in [4.78, 5) is 12.1. The molecule has 0 saturated carbocycles. The maximum absolute atomic E-state index is 12.1. The molecular formula is C19H24N4OS. The molecule has 3 aromatic rings. The summed E-state index contributed by atoms with van der Waals surface area (Å²) in [7, 11) is 0. The van der Waals surface area contributed by atoms with E-state index in [1.54, 1.807) is 0 Å². The number of hydrogen-bond acceptors (Lipinski definition) is 4. The van der Waals surface area contributed by atoms with Gasteiger partial charge in [0.15, 0.2) is 10.8 Å². The van der Waals surface area contributed by atoms with Gasteiger partial charge in [-0.1, -0.05) is 23.4 Å². The molecule has 1 aromatic carbocycles. The lowest BCUT2D eigenvalue weighted by molar-refractivity contribution is -0.119. The van der Waals surface area contributed by atoms with Crippen molar-refractivity contribution in [1.29, 1.82) is 0 Å². The zero-order valence-electron chi connectivity index (χ0n) is 15.6. The van der Waals surface area contributed by atoms with Gasteiger partial charge in [0.25, 0.3) is 0 Å². The third kappa shape index (κ3) is 3.63. The van der Waals surface area contributed by atoms with Gasteiger partial charge in [-0.3, -0.25) is 9.20 Å². The number of hydrogen-bond donors (Lipinski definition) is 1. The van der Waals surface area contributed by atoms with Crippen LogP contribution in [-0.4, -0.2) is 31.8 Å². The Morgan fingerprint density at radius 3 is 2.52 bits per heavy atom. The highest BCUT2D eigenvalue weighted by Crippen LogP contribution is 2.28. The molecule has 0 saturated heterocycles. The van der Waals surface area contributed by atoms with Gasteiger partial charge in [0.1, 0.15) is 0 Å². The monoisotopic (exact) mass is 356 g/mol. The van der Waals surface area contributed by atoms with Gasteiger partial charge >= 0.3 is 0 Å². The third-order valence-electron chi connectivity index (χ3n) is 3.90. The third-order valence-corrected chi connectivity index (χ3v) is 4.83. The van der Waals surface area contributed by atoms with Crippen LogP contribution in [0.2, 0.25) is 0 Å². The van der Waals surface area contributed by atoms with Crippen LogP contribution >= 0.6 is 11.8 Å². The molecule has 3 rings (SSSR count). The van der Waals surface area contributed by atoms with Gasteiger partial charge in [-0.05, 0) is 70.2 Å². The minimum Gasteiger partial charge on any atom is -0.351 e. The standard InChI is InChI=1S/C19H24N4OS/c1-11-7-12(2)16-14(8-11)9-13(3)17-21-22-18(23(16)17)25-10-15(24)20-19(4,5)6/h7-9H,10H2,1-6H3,(H,20,24). The number of pyridine rings is 1. The van der Waals surface area contributed by atoms with E-state index in [2.05, 4.69) is 52.0 Å². The van der Waals surface area contributed by atoms with E-state index in [0.29, 0.717) is 5.75 Å². The molecule has 25 heavy (non-hydrogen) atoms. The molecule has 0 aliphatic carbocycles. The highest BCUT2D eigenvalue weighted by molar-refractivity contribution is 7.99. The zero-order chi connectivity index (χ0) is 18.4. The quantitative estimate of drug-likeness (QED) is 0.725. The number of rotatable bonds is 3. The van der Waals surface area contributed by atoms with Crippen LogP contribution in [0.5, 0.6) is 0 Å². The zero-order valence-corrected chi connectivity index (χ0v) is 16.4. The first-order valence-corrected chi connectivity index (χ1v) is 9.34. The predicted octanol–water partition coefficient (Wildman–Crippen LogP) is 3.81. The molecule has 5 nitrogen and oxygen atoms in total. The van der Waals surface area contributed by atoms with Crippen LogP contribution in [-0.2, 0) is 4.79 Å². The Morgan fingerprint density at radius 1 is 1.12 bits per heavy atom. The van der Waals surface area contributed by atoms with Gasteiger partial charge in [0.2, 0.25) is 5.91 Å². The largest absolute Gasteiger partial charge is 0.351 e. The fraction of sp³-hybridized carbons (Fsp3) is 0.421. The topological polar surface area (TPSA) is 59.3 Å². The van der Waals surface area contributed by atoms with Crippen molar-refractivity contribution in [3.63, 3.8) is 0 Å². The van der Waals surface area contributed by atoms with Crippen molar-refractivity contribution in [2.75, 3.05) is 5.75 Å². The normalized spacial score (nSPS) is 12.1. The SMILES string of the molecule is Cc1cc(C)c2c(c1)cc(C)c1nnc(SCC(=O)NC(C)(C)C)n12. The van der Waals surface area contributed by atoms with E-state index >= 15 is 0 Å². The Morgan fingerprint density at radius 2 is 1.84 bits per heavy atom. The Balaban J connectivity index is 2.04. The second-order valence-corrected chi connectivity index (χ2v) is 8.52. The summed E-state index contributed by atoms with van der Waals surface area (Å²) in [6.07, 6.45) is 0. The number of fused-ring (bicyclic) bond motifs is 3. The molecule has 2 heterocycles. The first-order valence-electron chi connectivity index (χ1n) is 8.35. The smallest absolute Gasteiger partial charge is 0.230 e. The van der Waals surface area contributed by atoms with Crippen molar-refractivity contribution in [2.24, 2.45) is 0 Å². The van der Waals surface area contributed by atoms with E-state index < -0.39 is 0 Å². The molecule has 0 radical (unpaired) electrons. The number of carbonyl (C=O) groups is 1. The summed E-state index contributed by atoms with van der Waals surface area (Å²) in [5.41, 5.74) is 5.21. The first kappa shape index (κ1) is 17.7. The van der Waals surface area contributed by atoms with E-state index in [0.717, 1.165) is 21.9 Å². The second kappa shape index (κ2) is 6.33. The van der Waals surface area contributed by atoms with Crippen molar-refractivity contribution in [3.8, 4) is 0 Å². The number of carbonyl (C=O) groups excluding carboxylic acids is 1. The molecule has 0 aliphatic rings. The lowest BCUT2D eigenvalue weighted by Crippen LogP contribution is -2.41. The van der Waals surface area contributed by atoms with Crippen LogP contribution in [0.3, 0.4) is 0 Å². The predicted molar refractivity (Wildman–Crippen MR) is 103 cm³/mol. The molecule has 0 fully saturated rings. The van der Waals surface area contributed by atoms with Crippen molar-refractivity contribution in [2.45, 2.75) is 52.2 Å². The number of benzene rings is 1. The lowest BCUT2D eigenvalue weighted by Gasteiger charge is -2.20. The van der Waals surface area contributed by atoms with Gasteiger partial charge < -0.3 is 5.32 Å². The Labute approximate surface area is 152 Å². The summed E-state index contributed by atoms with van der Waals surface area (Å²) in [5, 5.41) is 13.6. The number of amides is 1. The molecule has 132 valence electrons. The maximum atomic E-state index is 12.1. The molecule has 0 atom stereocenters. The average Bonchev–Trinajstić information content (AvgIpc) is 2.87. The van der Waals surface area contributed by atoms with Gasteiger partial charge in [-0.15, -0.1) is 10.2 Å². The van der Waals surface area contributed by atoms with Gasteiger partial charge in [-0.2, -0.15) is 0 Å². The van der Waals surface area contributed by atoms with E-state index in [9.17, 15) is 4.79 Å². The number of aromatic nitrogens is 3. The fourth-order valence-corrected chi connectivity index (χ4v) is 3.85. The molecular weight excluding hydrogens is 332 g/mol. The van der Waals surface area contributed by atoms with E-state index in [1.165, 1.54) is 28.3 Å². The molecule has 2 aromatic heterocycles. The van der Waals surface area contributed by atoms with Crippen molar-refractivity contribution < 1.29 is 4.79 Å². The summed E-state index contributed by atoms with van der Waals surface area (Å²) in [6.45, 7) is 12.2. The van der Waals surface area contributed by atoms with Crippen LogP contribution in [0, 0.1) is 20.8 Å². The van der Waals surface area contributed by atoms with Crippen LogP contribution in [0.25, 0.3) is 16.6 Å². The maximum Gasteiger partial charge on any atom is 0.230 e.